The lowest BCUT2D eigenvalue weighted by molar-refractivity contribution is 0.255. The maximum absolute atomic E-state index is 3.92. The lowest BCUT2D eigenvalue weighted by atomic mass is 9.80. The van der Waals surface area contributed by atoms with Crippen LogP contribution in [-0.2, 0) is 6.42 Å². The lowest BCUT2D eigenvalue weighted by Crippen LogP contribution is -2.30. The Kier molecular flexibility index (Phi) is 5.35. The summed E-state index contributed by atoms with van der Waals surface area (Å²) < 4.78 is 0. The second-order valence-corrected chi connectivity index (χ2v) is 7.20. The molecule has 0 aromatic heterocycles. The first-order valence-electron chi connectivity index (χ1n) is 9.18. The molecule has 1 aromatic rings. The smallest absolute Gasteiger partial charge is 0.0323 e. The van der Waals surface area contributed by atoms with Crippen LogP contribution in [0.4, 0.5) is 0 Å². The van der Waals surface area contributed by atoms with Gasteiger partial charge in [-0.05, 0) is 61.6 Å². The summed E-state index contributed by atoms with van der Waals surface area (Å²) in [5.41, 5.74) is 3.17. The van der Waals surface area contributed by atoms with Crippen molar-refractivity contribution in [1.82, 2.24) is 5.32 Å². The Morgan fingerprint density at radius 1 is 0.952 bits per heavy atom. The number of rotatable bonds is 4. The van der Waals surface area contributed by atoms with Gasteiger partial charge < -0.3 is 5.32 Å². The lowest BCUT2D eigenvalue weighted by Gasteiger charge is -2.29. The van der Waals surface area contributed by atoms with Crippen molar-refractivity contribution in [3.63, 3.8) is 0 Å². The van der Waals surface area contributed by atoms with E-state index in [2.05, 4.69) is 36.5 Å². The highest BCUT2D eigenvalue weighted by molar-refractivity contribution is 5.31. The molecule has 1 aromatic carbocycles. The van der Waals surface area contributed by atoms with Gasteiger partial charge in [0.25, 0.3) is 0 Å². The quantitative estimate of drug-likeness (QED) is 0.744. The molecule has 2 aliphatic rings. The highest BCUT2D eigenvalue weighted by Crippen LogP contribution is 2.32. The van der Waals surface area contributed by atoms with Gasteiger partial charge in [-0.15, -0.1) is 0 Å². The molecule has 0 bridgehead atoms. The van der Waals surface area contributed by atoms with Gasteiger partial charge in [-0.2, -0.15) is 0 Å². The van der Waals surface area contributed by atoms with Gasteiger partial charge in [-0.25, -0.2) is 0 Å². The second kappa shape index (κ2) is 7.45. The van der Waals surface area contributed by atoms with E-state index >= 15 is 0 Å². The first-order chi connectivity index (χ1) is 10.4. The van der Waals surface area contributed by atoms with Gasteiger partial charge in [0.15, 0.2) is 0 Å². The summed E-state index contributed by atoms with van der Waals surface area (Å²) >= 11 is 0. The molecule has 1 saturated carbocycles. The summed E-state index contributed by atoms with van der Waals surface area (Å²) in [5, 5.41) is 3.92. The van der Waals surface area contributed by atoms with Crippen molar-refractivity contribution in [1.29, 1.82) is 0 Å². The Morgan fingerprint density at radius 3 is 2.52 bits per heavy atom. The molecule has 1 atom stereocenters. The third kappa shape index (κ3) is 3.88. The summed E-state index contributed by atoms with van der Waals surface area (Å²) in [7, 11) is 0. The van der Waals surface area contributed by atoms with Gasteiger partial charge in [-0.3, -0.25) is 0 Å². The van der Waals surface area contributed by atoms with Crippen molar-refractivity contribution < 1.29 is 0 Å². The average molecular weight is 285 g/mol. The van der Waals surface area contributed by atoms with Crippen molar-refractivity contribution in [3.05, 3.63) is 35.4 Å². The van der Waals surface area contributed by atoms with Crippen LogP contribution in [0, 0.1) is 11.8 Å². The molecule has 0 aliphatic heterocycles. The Balaban J connectivity index is 1.56. The minimum Gasteiger partial charge on any atom is -0.310 e. The number of hydrogen-bond acceptors (Lipinski definition) is 1. The number of benzene rings is 1. The molecule has 0 amide bonds. The maximum Gasteiger partial charge on any atom is 0.0323 e. The van der Waals surface area contributed by atoms with E-state index in [0.29, 0.717) is 6.04 Å². The summed E-state index contributed by atoms with van der Waals surface area (Å²) in [4.78, 5) is 0. The second-order valence-electron chi connectivity index (χ2n) is 7.20. The molecule has 0 spiro atoms. The number of hydrogen-bond donors (Lipinski definition) is 1. The minimum absolute atomic E-state index is 0.604. The van der Waals surface area contributed by atoms with E-state index in [4.69, 9.17) is 0 Å². The molecule has 1 nitrogen and oxygen atoms in total. The van der Waals surface area contributed by atoms with Gasteiger partial charge >= 0.3 is 0 Å². The zero-order valence-corrected chi connectivity index (χ0v) is 13.6. The summed E-state index contributed by atoms with van der Waals surface area (Å²) in [5.74, 6) is 1.93. The molecule has 21 heavy (non-hydrogen) atoms. The van der Waals surface area contributed by atoms with Gasteiger partial charge in [0.2, 0.25) is 0 Å². The van der Waals surface area contributed by atoms with Crippen molar-refractivity contribution in [2.45, 2.75) is 70.8 Å². The normalized spacial score (nSPS) is 29.7. The number of aryl methyl sites for hydroxylation is 1. The van der Waals surface area contributed by atoms with E-state index in [-0.39, 0.29) is 0 Å². The van der Waals surface area contributed by atoms with Crippen LogP contribution in [0.15, 0.2) is 24.3 Å². The van der Waals surface area contributed by atoms with Gasteiger partial charge in [0.05, 0.1) is 0 Å². The van der Waals surface area contributed by atoms with E-state index in [1.54, 1.807) is 11.1 Å². The van der Waals surface area contributed by atoms with Gasteiger partial charge in [-0.1, -0.05) is 56.9 Å². The summed E-state index contributed by atoms with van der Waals surface area (Å²) in [6.45, 7) is 3.58. The fourth-order valence-corrected chi connectivity index (χ4v) is 4.29. The van der Waals surface area contributed by atoms with Crippen LogP contribution in [0.25, 0.3) is 0 Å². The Labute approximate surface area is 130 Å². The molecule has 1 N–H and O–H groups in total. The molecule has 1 unspecified atom stereocenters. The maximum atomic E-state index is 3.92. The molecule has 116 valence electrons. The highest BCUT2D eigenvalue weighted by atomic mass is 14.9. The largest absolute Gasteiger partial charge is 0.310 e. The van der Waals surface area contributed by atoms with Crippen LogP contribution in [0.2, 0.25) is 0 Å². The van der Waals surface area contributed by atoms with Crippen molar-refractivity contribution in [2.24, 2.45) is 11.8 Å². The first kappa shape index (κ1) is 15.1. The standard InChI is InChI=1S/C20H31N/c1-2-16-11-13-17(14-12-16)15-21-20-10-6-4-8-18-7-3-5-9-19(18)20/h3,5,7,9,16-17,20-21H,2,4,6,8,10-15H2,1H3. The molecule has 0 heterocycles. The molecule has 1 heteroatoms. The van der Waals surface area contributed by atoms with E-state index in [9.17, 15) is 0 Å². The molecular weight excluding hydrogens is 254 g/mol. The predicted molar refractivity (Wildman–Crippen MR) is 90.5 cm³/mol. The number of fused-ring (bicyclic) bond motifs is 1. The number of nitrogens with one attached hydrogen (secondary N) is 1. The molecule has 0 radical (unpaired) electrons. The summed E-state index contributed by atoms with van der Waals surface area (Å²) in [6.07, 6.45) is 12.5. The summed E-state index contributed by atoms with van der Waals surface area (Å²) in [6, 6.07) is 9.71. The molecule has 1 fully saturated rings. The minimum atomic E-state index is 0.604. The van der Waals surface area contributed by atoms with Gasteiger partial charge in [0.1, 0.15) is 0 Å². The van der Waals surface area contributed by atoms with Crippen LogP contribution < -0.4 is 5.32 Å². The molecular formula is C20H31N. The fourth-order valence-electron chi connectivity index (χ4n) is 4.29. The van der Waals surface area contributed by atoms with Crippen molar-refractivity contribution in [2.75, 3.05) is 6.54 Å². The Hall–Kier alpha value is -0.820. The van der Waals surface area contributed by atoms with Crippen LogP contribution in [0.5, 0.6) is 0 Å². The predicted octanol–water partition coefficient (Wildman–Crippen LogP) is 5.26. The Bertz CT molecular complexity index is 431. The molecule has 3 rings (SSSR count). The van der Waals surface area contributed by atoms with Crippen LogP contribution >= 0.6 is 0 Å². The third-order valence-electron chi connectivity index (χ3n) is 5.82. The van der Waals surface area contributed by atoms with Crippen LogP contribution in [0.3, 0.4) is 0 Å². The average Bonchev–Trinajstić information content (AvgIpc) is 2.76. The monoisotopic (exact) mass is 285 g/mol. The molecule has 2 aliphatic carbocycles. The topological polar surface area (TPSA) is 12.0 Å². The van der Waals surface area contributed by atoms with Crippen LogP contribution in [0.1, 0.15) is 75.5 Å². The van der Waals surface area contributed by atoms with Crippen molar-refractivity contribution >= 4 is 0 Å². The van der Waals surface area contributed by atoms with E-state index < -0.39 is 0 Å². The highest BCUT2D eigenvalue weighted by Gasteiger charge is 2.22. The zero-order valence-electron chi connectivity index (χ0n) is 13.6. The van der Waals surface area contributed by atoms with Crippen LogP contribution in [-0.4, -0.2) is 6.54 Å². The van der Waals surface area contributed by atoms with E-state index in [1.807, 2.05) is 0 Å². The third-order valence-corrected chi connectivity index (χ3v) is 5.82. The molecule has 0 saturated heterocycles. The van der Waals surface area contributed by atoms with Crippen molar-refractivity contribution in [3.8, 4) is 0 Å². The van der Waals surface area contributed by atoms with E-state index in [0.717, 1.165) is 11.8 Å². The fraction of sp³-hybridized carbons (Fsp3) is 0.700. The van der Waals surface area contributed by atoms with Gasteiger partial charge in [0, 0.05) is 6.04 Å². The SMILES string of the molecule is CCC1CCC(CNC2CCCCc3ccccc32)CC1. The van der Waals surface area contributed by atoms with E-state index in [1.165, 1.54) is 64.3 Å². The first-order valence-corrected chi connectivity index (χ1v) is 9.18. The zero-order chi connectivity index (χ0) is 14.5. The Morgan fingerprint density at radius 2 is 1.71 bits per heavy atom.